The molecular weight excluding hydrogens is 320 g/mol. The Morgan fingerprint density at radius 3 is 2.38 bits per heavy atom. The molecule has 4 nitrogen and oxygen atoms in total. The Morgan fingerprint density at radius 2 is 1.71 bits per heavy atom. The van der Waals surface area contributed by atoms with Gasteiger partial charge in [-0.05, 0) is 5.56 Å². The van der Waals surface area contributed by atoms with E-state index < -0.39 is 0 Å². The molecule has 0 aliphatic heterocycles. The molecule has 122 valence electrons. The first-order valence-corrected chi connectivity index (χ1v) is 8.57. The van der Waals surface area contributed by atoms with Crippen molar-refractivity contribution in [3.63, 3.8) is 0 Å². The maximum atomic E-state index is 12.4. The summed E-state index contributed by atoms with van der Waals surface area (Å²) in [5, 5.41) is 12.5. The fourth-order valence-corrected chi connectivity index (χ4v) is 3.44. The molecule has 0 aliphatic rings. The average molecular weight is 338 g/mol. The van der Waals surface area contributed by atoms with Crippen LogP contribution >= 0.6 is 11.3 Å². The van der Waals surface area contributed by atoms with Crippen LogP contribution in [0.3, 0.4) is 0 Å². The fraction of sp³-hybridized carbons (Fsp3) is 0.158. The van der Waals surface area contributed by atoms with Crippen molar-refractivity contribution in [2.24, 2.45) is 0 Å². The van der Waals surface area contributed by atoms with Gasteiger partial charge in [0, 0.05) is 18.5 Å². The predicted molar refractivity (Wildman–Crippen MR) is 96.2 cm³/mol. The first-order valence-electron chi connectivity index (χ1n) is 7.76. The van der Waals surface area contributed by atoms with Gasteiger partial charge in [-0.25, -0.2) is 4.98 Å². The lowest BCUT2D eigenvalue weighted by Crippen LogP contribution is -2.26. The highest BCUT2D eigenvalue weighted by molar-refractivity contribution is 7.14. The van der Waals surface area contributed by atoms with Crippen molar-refractivity contribution < 1.29 is 9.90 Å². The van der Waals surface area contributed by atoms with Gasteiger partial charge in [0.05, 0.1) is 17.3 Å². The van der Waals surface area contributed by atoms with Crippen LogP contribution < -0.4 is 5.32 Å². The minimum atomic E-state index is -0.195. The number of aliphatic hydroxyl groups excluding tert-OH is 1. The third-order valence-corrected chi connectivity index (χ3v) is 4.57. The summed E-state index contributed by atoms with van der Waals surface area (Å²) in [6, 6.07) is 19.8. The maximum Gasteiger partial charge on any atom is 0.263 e. The van der Waals surface area contributed by atoms with E-state index in [-0.39, 0.29) is 19.1 Å². The van der Waals surface area contributed by atoms with Crippen molar-refractivity contribution in [2.75, 3.05) is 13.2 Å². The molecule has 1 amide bonds. The summed E-state index contributed by atoms with van der Waals surface area (Å²) in [5.41, 5.74) is 2.78. The van der Waals surface area contributed by atoms with E-state index in [4.69, 9.17) is 10.1 Å². The Labute approximate surface area is 144 Å². The number of carbonyl (C=O) groups excluding carboxylic acids is 1. The summed E-state index contributed by atoms with van der Waals surface area (Å²) >= 11 is 1.40. The van der Waals surface area contributed by atoms with E-state index >= 15 is 0 Å². The van der Waals surface area contributed by atoms with Crippen molar-refractivity contribution >= 4 is 17.2 Å². The molecule has 3 aromatic rings. The van der Waals surface area contributed by atoms with Crippen molar-refractivity contribution in [1.29, 1.82) is 0 Å². The Balaban J connectivity index is 1.94. The standard InChI is InChI=1S/C19H18N2O2S/c22-12-11-20-19(23)18-17(15-9-5-2-6-10-15)21-16(24-18)13-14-7-3-1-4-8-14/h1-10,22H,11-13H2,(H,20,23). The first-order chi connectivity index (χ1) is 11.8. The molecule has 1 aromatic heterocycles. The van der Waals surface area contributed by atoms with Gasteiger partial charge in [-0.3, -0.25) is 4.79 Å². The minimum Gasteiger partial charge on any atom is -0.395 e. The molecule has 0 aliphatic carbocycles. The van der Waals surface area contributed by atoms with Crippen LogP contribution in [-0.2, 0) is 6.42 Å². The highest BCUT2D eigenvalue weighted by Crippen LogP contribution is 2.29. The molecule has 0 radical (unpaired) electrons. The number of nitrogens with zero attached hydrogens (tertiary/aromatic N) is 1. The third kappa shape index (κ3) is 3.88. The molecule has 2 N–H and O–H groups in total. The summed E-state index contributed by atoms with van der Waals surface area (Å²) in [7, 11) is 0. The summed E-state index contributed by atoms with van der Waals surface area (Å²) in [4.78, 5) is 17.7. The number of aromatic nitrogens is 1. The lowest BCUT2D eigenvalue weighted by molar-refractivity contribution is 0.0949. The molecule has 0 spiro atoms. The van der Waals surface area contributed by atoms with Gasteiger partial charge in [-0.15, -0.1) is 11.3 Å². The fourth-order valence-electron chi connectivity index (χ4n) is 2.41. The van der Waals surface area contributed by atoms with Gasteiger partial charge in [-0.1, -0.05) is 60.7 Å². The SMILES string of the molecule is O=C(NCCO)c1sc(Cc2ccccc2)nc1-c1ccccc1. The van der Waals surface area contributed by atoms with Crippen LogP contribution in [0, 0.1) is 0 Å². The second kappa shape index (κ2) is 7.86. The van der Waals surface area contributed by atoms with E-state index in [1.54, 1.807) is 0 Å². The number of nitrogens with one attached hydrogen (secondary N) is 1. The number of hydrogen-bond donors (Lipinski definition) is 2. The number of benzene rings is 2. The zero-order chi connectivity index (χ0) is 16.8. The number of amides is 1. The van der Waals surface area contributed by atoms with E-state index in [0.717, 1.165) is 16.1 Å². The van der Waals surface area contributed by atoms with E-state index in [0.29, 0.717) is 17.0 Å². The lowest BCUT2D eigenvalue weighted by atomic mass is 10.1. The second-order valence-electron chi connectivity index (χ2n) is 5.29. The Kier molecular flexibility index (Phi) is 5.36. The molecule has 1 heterocycles. The summed E-state index contributed by atoms with van der Waals surface area (Å²) in [6.07, 6.45) is 0.693. The van der Waals surface area contributed by atoms with Crippen LogP contribution in [0.15, 0.2) is 60.7 Å². The van der Waals surface area contributed by atoms with E-state index in [9.17, 15) is 4.79 Å². The number of hydrogen-bond acceptors (Lipinski definition) is 4. The first kappa shape index (κ1) is 16.4. The largest absolute Gasteiger partial charge is 0.395 e. The van der Waals surface area contributed by atoms with E-state index in [1.807, 2.05) is 48.5 Å². The number of thiazole rings is 1. The summed E-state index contributed by atoms with van der Waals surface area (Å²) in [5.74, 6) is -0.195. The quantitative estimate of drug-likeness (QED) is 0.726. The molecule has 0 fully saturated rings. The zero-order valence-corrected chi connectivity index (χ0v) is 13.9. The van der Waals surface area contributed by atoms with Crippen LogP contribution in [0.25, 0.3) is 11.3 Å². The van der Waals surface area contributed by atoms with Crippen LogP contribution in [0.4, 0.5) is 0 Å². The molecule has 0 unspecified atom stereocenters. The van der Waals surface area contributed by atoms with Crippen molar-refractivity contribution in [3.05, 3.63) is 76.1 Å². The summed E-state index contributed by atoms with van der Waals surface area (Å²) < 4.78 is 0. The molecule has 0 atom stereocenters. The normalized spacial score (nSPS) is 10.5. The minimum absolute atomic E-state index is 0.0813. The van der Waals surface area contributed by atoms with Crippen LogP contribution in [0.2, 0.25) is 0 Å². The van der Waals surface area contributed by atoms with Gasteiger partial charge < -0.3 is 10.4 Å². The topological polar surface area (TPSA) is 62.2 Å². The number of aliphatic hydroxyl groups is 1. The Morgan fingerprint density at radius 1 is 1.04 bits per heavy atom. The molecule has 0 bridgehead atoms. The lowest BCUT2D eigenvalue weighted by Gasteiger charge is -2.03. The van der Waals surface area contributed by atoms with Crippen LogP contribution in [0.1, 0.15) is 20.2 Å². The molecule has 24 heavy (non-hydrogen) atoms. The highest BCUT2D eigenvalue weighted by Gasteiger charge is 2.19. The maximum absolute atomic E-state index is 12.4. The predicted octanol–water partition coefficient (Wildman–Crippen LogP) is 3.12. The van der Waals surface area contributed by atoms with Crippen LogP contribution in [-0.4, -0.2) is 29.1 Å². The van der Waals surface area contributed by atoms with Gasteiger partial charge in [0.2, 0.25) is 0 Å². The van der Waals surface area contributed by atoms with Crippen molar-refractivity contribution in [1.82, 2.24) is 10.3 Å². The molecule has 5 heteroatoms. The second-order valence-corrected chi connectivity index (χ2v) is 6.38. The Hall–Kier alpha value is -2.50. The highest BCUT2D eigenvalue weighted by atomic mass is 32.1. The Bertz CT molecular complexity index is 801. The zero-order valence-electron chi connectivity index (χ0n) is 13.1. The van der Waals surface area contributed by atoms with Gasteiger partial charge in [0.1, 0.15) is 4.88 Å². The number of rotatable bonds is 6. The van der Waals surface area contributed by atoms with Crippen molar-refractivity contribution in [2.45, 2.75) is 6.42 Å². The van der Waals surface area contributed by atoms with Crippen LogP contribution in [0.5, 0.6) is 0 Å². The van der Waals surface area contributed by atoms with Gasteiger partial charge in [0.15, 0.2) is 0 Å². The van der Waals surface area contributed by atoms with Crippen molar-refractivity contribution in [3.8, 4) is 11.3 Å². The molecular formula is C19H18N2O2S. The molecule has 3 rings (SSSR count). The van der Waals surface area contributed by atoms with Gasteiger partial charge in [0.25, 0.3) is 5.91 Å². The van der Waals surface area contributed by atoms with Gasteiger partial charge >= 0.3 is 0 Å². The van der Waals surface area contributed by atoms with E-state index in [1.165, 1.54) is 11.3 Å². The van der Waals surface area contributed by atoms with E-state index in [2.05, 4.69) is 17.4 Å². The smallest absolute Gasteiger partial charge is 0.263 e. The monoisotopic (exact) mass is 338 g/mol. The van der Waals surface area contributed by atoms with Gasteiger partial charge in [-0.2, -0.15) is 0 Å². The molecule has 2 aromatic carbocycles. The third-order valence-electron chi connectivity index (χ3n) is 3.52. The summed E-state index contributed by atoms with van der Waals surface area (Å²) in [6.45, 7) is 0.154. The molecule has 0 saturated heterocycles. The number of carbonyl (C=O) groups is 1. The molecule has 0 saturated carbocycles. The average Bonchev–Trinajstić information content (AvgIpc) is 3.05.